The lowest BCUT2D eigenvalue weighted by Gasteiger charge is -2.27. The predicted octanol–water partition coefficient (Wildman–Crippen LogP) is 4.75. The number of hydrogen-bond donors (Lipinski definition) is 3. The van der Waals surface area contributed by atoms with Crippen LogP contribution >= 0.6 is 11.6 Å². The van der Waals surface area contributed by atoms with Crippen LogP contribution in [0.3, 0.4) is 0 Å². The molecule has 194 valence electrons. The lowest BCUT2D eigenvalue weighted by molar-refractivity contribution is -0.182. The van der Waals surface area contributed by atoms with Crippen LogP contribution < -0.4 is 4.74 Å². The van der Waals surface area contributed by atoms with Crippen molar-refractivity contribution in [2.75, 3.05) is 13.2 Å². The molecule has 35 heavy (non-hydrogen) atoms. The second-order valence-corrected chi connectivity index (χ2v) is 9.67. The zero-order chi connectivity index (χ0) is 25.0. The van der Waals surface area contributed by atoms with E-state index in [0.717, 1.165) is 19.3 Å². The van der Waals surface area contributed by atoms with E-state index in [4.69, 9.17) is 30.9 Å². The Kier molecular flexibility index (Phi) is 11.6. The lowest BCUT2D eigenvalue weighted by Crippen LogP contribution is -2.31. The highest BCUT2D eigenvalue weighted by molar-refractivity contribution is 6.30. The maximum Gasteiger partial charge on any atom is 0.303 e. The van der Waals surface area contributed by atoms with E-state index in [-0.39, 0.29) is 31.2 Å². The number of ether oxygens (including phenoxy) is 3. The molecule has 1 aliphatic carbocycles. The zero-order valence-corrected chi connectivity index (χ0v) is 20.8. The number of aliphatic hydroxyl groups excluding tert-OH is 2. The fourth-order valence-electron chi connectivity index (χ4n) is 4.59. The second kappa shape index (κ2) is 14.6. The van der Waals surface area contributed by atoms with Gasteiger partial charge in [0.05, 0.1) is 12.2 Å². The van der Waals surface area contributed by atoms with Crippen LogP contribution in [-0.4, -0.2) is 59.1 Å². The van der Waals surface area contributed by atoms with Crippen LogP contribution in [0.2, 0.25) is 5.02 Å². The van der Waals surface area contributed by atoms with Crippen molar-refractivity contribution in [1.29, 1.82) is 0 Å². The molecule has 1 heterocycles. The molecule has 0 aromatic heterocycles. The Bertz CT molecular complexity index is 837. The quantitative estimate of drug-likeness (QED) is 0.261. The maximum atomic E-state index is 10.6. The van der Waals surface area contributed by atoms with Crippen LogP contribution in [0.5, 0.6) is 5.75 Å². The van der Waals surface area contributed by atoms with E-state index in [1.807, 2.05) is 36.4 Å². The maximum absolute atomic E-state index is 10.6. The summed E-state index contributed by atoms with van der Waals surface area (Å²) in [6.45, 7) is 0.931. The number of allylic oxidation sites excluding steroid dienone is 2. The number of rotatable bonds is 13. The van der Waals surface area contributed by atoms with Gasteiger partial charge >= 0.3 is 5.97 Å². The van der Waals surface area contributed by atoms with Crippen molar-refractivity contribution in [3.63, 3.8) is 0 Å². The fraction of sp³-hybridized carbons (Fsp3) is 0.593. The zero-order valence-electron chi connectivity index (χ0n) is 20.0. The Balaban J connectivity index is 1.61. The SMILES string of the molecule is O=C(O)CCC/C=C\C[C@@H]1[C@@H](/C=C/[C@H](COc2cccc(Cl)c2)OC2CCCCO2)[C@H](O)C[C@@H]1O. The summed E-state index contributed by atoms with van der Waals surface area (Å²) in [5.74, 6) is -0.505. The van der Waals surface area contributed by atoms with E-state index in [9.17, 15) is 15.0 Å². The van der Waals surface area contributed by atoms with Crippen molar-refractivity contribution in [2.45, 2.75) is 76.0 Å². The van der Waals surface area contributed by atoms with Gasteiger partial charge in [0.15, 0.2) is 6.29 Å². The summed E-state index contributed by atoms with van der Waals surface area (Å²) < 4.78 is 17.8. The molecule has 1 aromatic carbocycles. The van der Waals surface area contributed by atoms with Crippen LogP contribution in [0.25, 0.3) is 0 Å². The molecule has 2 aliphatic rings. The van der Waals surface area contributed by atoms with Crippen molar-refractivity contribution in [1.82, 2.24) is 0 Å². The molecule has 7 nitrogen and oxygen atoms in total. The van der Waals surface area contributed by atoms with E-state index < -0.39 is 24.3 Å². The van der Waals surface area contributed by atoms with Crippen LogP contribution in [0.1, 0.15) is 51.4 Å². The van der Waals surface area contributed by atoms with Gasteiger partial charge in [-0.1, -0.05) is 42.0 Å². The summed E-state index contributed by atoms with van der Waals surface area (Å²) in [6, 6.07) is 7.18. The number of carboxylic acid groups (broad SMARTS) is 1. The molecule has 3 rings (SSSR count). The third-order valence-corrected chi connectivity index (χ3v) is 6.71. The average molecular weight is 509 g/mol. The van der Waals surface area contributed by atoms with Gasteiger partial charge in [0.25, 0.3) is 0 Å². The highest BCUT2D eigenvalue weighted by atomic mass is 35.5. The molecular weight excluding hydrogens is 472 g/mol. The predicted molar refractivity (Wildman–Crippen MR) is 133 cm³/mol. The smallest absolute Gasteiger partial charge is 0.303 e. The second-order valence-electron chi connectivity index (χ2n) is 9.23. The van der Waals surface area contributed by atoms with Crippen molar-refractivity contribution < 1.29 is 34.3 Å². The minimum atomic E-state index is -0.798. The van der Waals surface area contributed by atoms with E-state index in [1.54, 1.807) is 12.1 Å². The molecule has 8 heteroatoms. The molecular formula is C27H37ClO7. The fourth-order valence-corrected chi connectivity index (χ4v) is 4.77. The van der Waals surface area contributed by atoms with Gasteiger partial charge in [0, 0.05) is 30.4 Å². The Morgan fingerprint density at radius 1 is 1.23 bits per heavy atom. The minimum absolute atomic E-state index is 0.127. The molecule has 1 saturated heterocycles. The Morgan fingerprint density at radius 2 is 2.09 bits per heavy atom. The van der Waals surface area contributed by atoms with Crippen molar-refractivity contribution in [3.8, 4) is 5.75 Å². The number of unbranched alkanes of at least 4 members (excludes halogenated alkanes) is 1. The van der Waals surface area contributed by atoms with Crippen LogP contribution in [-0.2, 0) is 14.3 Å². The Morgan fingerprint density at radius 3 is 2.83 bits per heavy atom. The summed E-state index contributed by atoms with van der Waals surface area (Å²) >= 11 is 6.06. The Labute approximate surface area is 212 Å². The molecule has 0 radical (unpaired) electrons. The topological polar surface area (TPSA) is 105 Å². The first-order chi connectivity index (χ1) is 16.9. The summed E-state index contributed by atoms with van der Waals surface area (Å²) in [4.78, 5) is 10.6. The van der Waals surface area contributed by atoms with Crippen LogP contribution in [0, 0.1) is 11.8 Å². The van der Waals surface area contributed by atoms with E-state index in [1.165, 1.54) is 0 Å². The number of carboxylic acids is 1. The molecule has 1 unspecified atom stereocenters. The highest BCUT2D eigenvalue weighted by Crippen LogP contribution is 2.36. The van der Waals surface area contributed by atoms with E-state index >= 15 is 0 Å². The van der Waals surface area contributed by atoms with Crippen molar-refractivity contribution in [2.24, 2.45) is 11.8 Å². The number of benzene rings is 1. The van der Waals surface area contributed by atoms with Gasteiger partial charge in [-0.15, -0.1) is 0 Å². The molecule has 1 aromatic rings. The highest BCUT2D eigenvalue weighted by Gasteiger charge is 2.39. The minimum Gasteiger partial charge on any atom is -0.490 e. The molecule has 0 bridgehead atoms. The normalized spacial score (nSPS) is 28.0. The largest absolute Gasteiger partial charge is 0.490 e. The molecule has 3 N–H and O–H groups in total. The first-order valence-electron chi connectivity index (χ1n) is 12.5. The van der Waals surface area contributed by atoms with Crippen LogP contribution in [0.4, 0.5) is 0 Å². The molecule has 6 atom stereocenters. The number of aliphatic carboxylic acids is 1. The van der Waals surface area contributed by atoms with Gasteiger partial charge in [0.1, 0.15) is 18.5 Å². The van der Waals surface area contributed by atoms with Crippen molar-refractivity contribution >= 4 is 17.6 Å². The van der Waals surface area contributed by atoms with Gasteiger partial charge in [0.2, 0.25) is 0 Å². The summed E-state index contributed by atoms with van der Waals surface area (Å²) in [7, 11) is 0. The standard InChI is InChI=1S/C27H37ClO7/c28-19-8-7-9-20(16-19)34-18-21(35-27-12-5-6-15-33-27)13-14-23-22(24(29)17-25(23)30)10-3-1-2-4-11-26(31)32/h1,3,7-9,13-14,16,21-25,27,29-30H,2,4-6,10-12,15,17-18H2,(H,31,32)/b3-1-,14-13+/t21-,22-,23-,24+,25-,27?/m1/s1. The van der Waals surface area contributed by atoms with Gasteiger partial charge < -0.3 is 29.5 Å². The molecule has 1 aliphatic heterocycles. The van der Waals surface area contributed by atoms with Crippen molar-refractivity contribution in [3.05, 3.63) is 53.6 Å². The van der Waals surface area contributed by atoms with E-state index in [0.29, 0.717) is 43.1 Å². The lowest BCUT2D eigenvalue weighted by atomic mass is 9.89. The number of halogens is 1. The molecule has 0 spiro atoms. The first-order valence-corrected chi connectivity index (χ1v) is 12.9. The van der Waals surface area contributed by atoms with Gasteiger partial charge in [-0.25, -0.2) is 0 Å². The molecule has 1 saturated carbocycles. The van der Waals surface area contributed by atoms with Gasteiger partial charge in [-0.05, 0) is 62.6 Å². The molecule has 2 fully saturated rings. The number of aliphatic hydroxyl groups is 2. The molecule has 0 amide bonds. The Hall–Kier alpha value is -1.90. The van der Waals surface area contributed by atoms with Gasteiger partial charge in [-0.3, -0.25) is 4.79 Å². The number of hydrogen-bond acceptors (Lipinski definition) is 6. The third kappa shape index (κ3) is 9.58. The van der Waals surface area contributed by atoms with Crippen LogP contribution in [0.15, 0.2) is 48.6 Å². The summed E-state index contributed by atoms with van der Waals surface area (Å²) in [6.07, 6.45) is 11.0. The number of carbonyl (C=O) groups is 1. The summed E-state index contributed by atoms with van der Waals surface area (Å²) in [5, 5.41) is 30.4. The summed E-state index contributed by atoms with van der Waals surface area (Å²) in [5.41, 5.74) is 0. The average Bonchev–Trinajstić information content (AvgIpc) is 3.10. The van der Waals surface area contributed by atoms with E-state index in [2.05, 4.69) is 0 Å². The first kappa shape index (κ1) is 27.7. The van der Waals surface area contributed by atoms with Gasteiger partial charge in [-0.2, -0.15) is 0 Å². The monoisotopic (exact) mass is 508 g/mol. The third-order valence-electron chi connectivity index (χ3n) is 6.48.